The van der Waals surface area contributed by atoms with Gasteiger partial charge in [-0.05, 0) is 113 Å². The average molecular weight is 740 g/mol. The standard InChI is InChI=1S/C57H41N/c1-57(2)53-22-11-10-19-49(53)50-34-33-45(37-54(50)57)58(44-31-29-41(30-32-44)40-25-23-39(24-26-40)38-13-4-3-5-14-38)55-36-35-48(47-18-8-9-20-51(47)55)52-21-12-16-43-28-27-42-15-6-7-17-46(42)56(43)52/h3-37H,1-2H3. The number of rotatable bonds is 6. The first-order valence-corrected chi connectivity index (χ1v) is 20.3. The first-order chi connectivity index (χ1) is 28.5. The van der Waals surface area contributed by atoms with E-state index in [2.05, 4.69) is 231 Å². The summed E-state index contributed by atoms with van der Waals surface area (Å²) < 4.78 is 0. The van der Waals surface area contributed by atoms with E-state index in [9.17, 15) is 0 Å². The molecular formula is C57H41N. The Kier molecular flexibility index (Phi) is 7.91. The molecule has 0 aliphatic heterocycles. The quantitative estimate of drug-likeness (QED) is 0.154. The maximum absolute atomic E-state index is 2.46. The summed E-state index contributed by atoms with van der Waals surface area (Å²) in [5.74, 6) is 0. The first kappa shape index (κ1) is 34.1. The normalized spacial score (nSPS) is 12.8. The minimum absolute atomic E-state index is 0.119. The molecule has 10 aromatic rings. The molecule has 0 aromatic heterocycles. The molecule has 11 rings (SSSR count). The number of nitrogens with zero attached hydrogens (tertiary/aromatic N) is 1. The van der Waals surface area contributed by atoms with Crippen LogP contribution in [-0.4, -0.2) is 0 Å². The highest BCUT2D eigenvalue weighted by Gasteiger charge is 2.36. The van der Waals surface area contributed by atoms with E-state index in [0.717, 1.165) is 17.1 Å². The van der Waals surface area contributed by atoms with Gasteiger partial charge in [0.15, 0.2) is 0 Å². The smallest absolute Gasteiger partial charge is 0.0540 e. The van der Waals surface area contributed by atoms with Crippen molar-refractivity contribution in [2.24, 2.45) is 0 Å². The van der Waals surface area contributed by atoms with E-state index < -0.39 is 0 Å². The third kappa shape index (κ3) is 5.46. The van der Waals surface area contributed by atoms with Gasteiger partial charge in [-0.1, -0.05) is 196 Å². The van der Waals surface area contributed by atoms with E-state index >= 15 is 0 Å². The van der Waals surface area contributed by atoms with Gasteiger partial charge in [0.1, 0.15) is 0 Å². The molecule has 0 unspecified atom stereocenters. The van der Waals surface area contributed by atoms with E-state index in [1.807, 2.05) is 0 Å². The van der Waals surface area contributed by atoms with Gasteiger partial charge >= 0.3 is 0 Å². The largest absolute Gasteiger partial charge is 0.310 e. The monoisotopic (exact) mass is 739 g/mol. The molecular weight excluding hydrogens is 699 g/mol. The minimum Gasteiger partial charge on any atom is -0.310 e. The maximum Gasteiger partial charge on any atom is 0.0540 e. The summed E-state index contributed by atoms with van der Waals surface area (Å²) in [6.45, 7) is 4.73. The van der Waals surface area contributed by atoms with Crippen molar-refractivity contribution in [3.63, 3.8) is 0 Å². The average Bonchev–Trinajstić information content (AvgIpc) is 3.52. The highest BCUT2D eigenvalue weighted by molar-refractivity contribution is 6.18. The fourth-order valence-corrected chi connectivity index (χ4v) is 9.54. The van der Waals surface area contributed by atoms with Crippen LogP contribution in [0.25, 0.3) is 76.8 Å². The van der Waals surface area contributed by atoms with Gasteiger partial charge < -0.3 is 4.90 Å². The van der Waals surface area contributed by atoms with Gasteiger partial charge in [-0.15, -0.1) is 0 Å². The van der Waals surface area contributed by atoms with Crippen LogP contribution in [0.5, 0.6) is 0 Å². The Morgan fingerprint density at radius 1 is 0.328 bits per heavy atom. The van der Waals surface area contributed by atoms with Gasteiger partial charge in [0, 0.05) is 22.2 Å². The zero-order valence-corrected chi connectivity index (χ0v) is 32.7. The molecule has 274 valence electrons. The molecule has 0 N–H and O–H groups in total. The summed E-state index contributed by atoms with van der Waals surface area (Å²) in [5.41, 5.74) is 16.0. The number of hydrogen-bond donors (Lipinski definition) is 0. The van der Waals surface area contributed by atoms with Crippen molar-refractivity contribution in [3.8, 4) is 44.5 Å². The maximum atomic E-state index is 2.46. The second-order valence-electron chi connectivity index (χ2n) is 16.1. The van der Waals surface area contributed by atoms with Crippen LogP contribution in [0.15, 0.2) is 212 Å². The Labute approximate surface area is 340 Å². The molecule has 0 spiro atoms. The third-order valence-electron chi connectivity index (χ3n) is 12.5. The van der Waals surface area contributed by atoms with Crippen molar-refractivity contribution in [2.75, 3.05) is 4.90 Å². The molecule has 1 aliphatic rings. The van der Waals surface area contributed by atoms with Gasteiger partial charge in [-0.3, -0.25) is 0 Å². The molecule has 10 aromatic carbocycles. The lowest BCUT2D eigenvalue weighted by Gasteiger charge is -2.29. The molecule has 1 aliphatic carbocycles. The number of fused-ring (bicyclic) bond motifs is 7. The SMILES string of the molecule is CC1(C)c2ccccc2-c2ccc(N(c3ccc(-c4ccc(-c5ccccc5)cc4)cc3)c3ccc(-c4cccc5ccc6ccccc6c45)c4ccccc34)cc21. The van der Waals surface area contributed by atoms with E-state index in [4.69, 9.17) is 0 Å². The topological polar surface area (TPSA) is 3.24 Å². The van der Waals surface area contributed by atoms with Crippen LogP contribution in [0.4, 0.5) is 17.1 Å². The molecule has 0 fully saturated rings. The van der Waals surface area contributed by atoms with Crippen molar-refractivity contribution in [2.45, 2.75) is 19.3 Å². The second kappa shape index (κ2) is 13.5. The van der Waals surface area contributed by atoms with E-state index in [0.29, 0.717) is 0 Å². The lowest BCUT2D eigenvalue weighted by atomic mass is 9.82. The molecule has 0 saturated carbocycles. The highest BCUT2D eigenvalue weighted by atomic mass is 15.1. The van der Waals surface area contributed by atoms with Crippen LogP contribution in [-0.2, 0) is 5.41 Å². The summed E-state index contributed by atoms with van der Waals surface area (Å²) >= 11 is 0. The molecule has 0 saturated heterocycles. The molecule has 0 radical (unpaired) electrons. The van der Waals surface area contributed by atoms with Gasteiger partial charge in [0.05, 0.1) is 5.69 Å². The Bertz CT molecular complexity index is 3170. The lowest BCUT2D eigenvalue weighted by Crippen LogP contribution is -2.16. The Morgan fingerprint density at radius 2 is 0.862 bits per heavy atom. The van der Waals surface area contributed by atoms with Gasteiger partial charge in [-0.25, -0.2) is 0 Å². The summed E-state index contributed by atoms with van der Waals surface area (Å²) in [5, 5.41) is 7.52. The Morgan fingerprint density at radius 3 is 1.64 bits per heavy atom. The van der Waals surface area contributed by atoms with Gasteiger partial charge in [0.25, 0.3) is 0 Å². The molecule has 0 amide bonds. The fraction of sp³-hybridized carbons (Fsp3) is 0.0526. The molecule has 0 heterocycles. The third-order valence-corrected chi connectivity index (χ3v) is 12.5. The Balaban J connectivity index is 1.08. The van der Waals surface area contributed by atoms with Crippen molar-refractivity contribution >= 4 is 49.4 Å². The van der Waals surface area contributed by atoms with Gasteiger partial charge in [0.2, 0.25) is 0 Å². The Hall–Kier alpha value is -7.22. The molecule has 1 nitrogen and oxygen atoms in total. The fourth-order valence-electron chi connectivity index (χ4n) is 9.54. The van der Waals surface area contributed by atoms with Crippen LogP contribution in [0, 0.1) is 0 Å². The van der Waals surface area contributed by atoms with Crippen LogP contribution in [0.3, 0.4) is 0 Å². The number of benzene rings is 10. The predicted molar refractivity (Wildman–Crippen MR) is 248 cm³/mol. The molecule has 58 heavy (non-hydrogen) atoms. The number of anilines is 3. The van der Waals surface area contributed by atoms with Crippen molar-refractivity contribution in [1.29, 1.82) is 0 Å². The van der Waals surface area contributed by atoms with E-state index in [-0.39, 0.29) is 5.41 Å². The van der Waals surface area contributed by atoms with Gasteiger partial charge in [-0.2, -0.15) is 0 Å². The molecule has 0 bridgehead atoms. The zero-order chi connectivity index (χ0) is 38.8. The van der Waals surface area contributed by atoms with Crippen molar-refractivity contribution in [3.05, 3.63) is 223 Å². The summed E-state index contributed by atoms with van der Waals surface area (Å²) in [6, 6.07) is 78.2. The summed E-state index contributed by atoms with van der Waals surface area (Å²) in [6.07, 6.45) is 0. The highest BCUT2D eigenvalue weighted by Crippen LogP contribution is 2.51. The second-order valence-corrected chi connectivity index (χ2v) is 16.1. The zero-order valence-electron chi connectivity index (χ0n) is 32.7. The first-order valence-electron chi connectivity index (χ1n) is 20.3. The molecule has 1 heteroatoms. The summed E-state index contributed by atoms with van der Waals surface area (Å²) in [4.78, 5) is 2.46. The lowest BCUT2D eigenvalue weighted by molar-refractivity contribution is 0.660. The van der Waals surface area contributed by atoms with Crippen LogP contribution >= 0.6 is 0 Å². The van der Waals surface area contributed by atoms with Crippen molar-refractivity contribution < 1.29 is 0 Å². The van der Waals surface area contributed by atoms with Crippen LogP contribution in [0.2, 0.25) is 0 Å². The van der Waals surface area contributed by atoms with Crippen LogP contribution in [0.1, 0.15) is 25.0 Å². The number of hydrogen-bond acceptors (Lipinski definition) is 1. The van der Waals surface area contributed by atoms with E-state index in [1.165, 1.54) is 88.0 Å². The van der Waals surface area contributed by atoms with E-state index in [1.54, 1.807) is 0 Å². The van der Waals surface area contributed by atoms with Crippen LogP contribution < -0.4 is 4.90 Å². The van der Waals surface area contributed by atoms with Crippen molar-refractivity contribution in [1.82, 2.24) is 0 Å². The molecule has 0 atom stereocenters. The predicted octanol–water partition coefficient (Wildman–Crippen LogP) is 15.9. The summed E-state index contributed by atoms with van der Waals surface area (Å²) in [7, 11) is 0. The minimum atomic E-state index is -0.119.